The van der Waals surface area contributed by atoms with Crippen LogP contribution in [0.25, 0.3) is 0 Å². The van der Waals surface area contributed by atoms with Crippen molar-refractivity contribution < 1.29 is 26.4 Å². The van der Waals surface area contributed by atoms with E-state index < -0.39 is 26.0 Å². The summed E-state index contributed by atoms with van der Waals surface area (Å²) in [6, 6.07) is 17.1. The van der Waals surface area contributed by atoms with Crippen molar-refractivity contribution in [3.63, 3.8) is 0 Å². The standard InChI is InChI=1S/C24H27N3O6S2/c1-5-27(34(4,29)30)20-11-7-18(8-12-20)24(28)25-19-9-13-21(14-10-19)35(31,32)26-22-16-17(2)6-15-23(22)33-3/h6-16,26H,5H2,1-4H3,(H,25,28). The number of benzene rings is 3. The Balaban J connectivity index is 1.72. The Morgan fingerprint density at radius 1 is 0.943 bits per heavy atom. The fourth-order valence-corrected chi connectivity index (χ4v) is 5.45. The Hall–Kier alpha value is -3.57. The molecule has 2 N–H and O–H groups in total. The van der Waals surface area contributed by atoms with Gasteiger partial charge in [-0.2, -0.15) is 0 Å². The maximum atomic E-state index is 12.8. The molecule has 0 spiro atoms. The highest BCUT2D eigenvalue weighted by molar-refractivity contribution is 7.92. The molecule has 0 aliphatic carbocycles. The summed E-state index contributed by atoms with van der Waals surface area (Å²) in [5.74, 6) is -0.0233. The van der Waals surface area contributed by atoms with Crippen LogP contribution in [0, 0.1) is 6.92 Å². The summed E-state index contributed by atoms with van der Waals surface area (Å²) in [5.41, 5.74) is 2.37. The van der Waals surface area contributed by atoms with Crippen molar-refractivity contribution in [2.24, 2.45) is 0 Å². The molecule has 0 aliphatic heterocycles. The molecule has 35 heavy (non-hydrogen) atoms. The fourth-order valence-electron chi connectivity index (χ4n) is 3.41. The van der Waals surface area contributed by atoms with Crippen LogP contribution >= 0.6 is 0 Å². The smallest absolute Gasteiger partial charge is 0.262 e. The zero-order valence-electron chi connectivity index (χ0n) is 19.8. The summed E-state index contributed by atoms with van der Waals surface area (Å²) in [7, 11) is -5.85. The average Bonchev–Trinajstić information content (AvgIpc) is 2.79. The van der Waals surface area contributed by atoms with Gasteiger partial charge in [0.1, 0.15) is 5.75 Å². The molecular weight excluding hydrogens is 490 g/mol. The van der Waals surface area contributed by atoms with E-state index in [1.54, 1.807) is 31.2 Å². The summed E-state index contributed by atoms with van der Waals surface area (Å²) in [5, 5.41) is 2.70. The molecule has 0 saturated heterocycles. The van der Waals surface area contributed by atoms with Crippen LogP contribution in [0.2, 0.25) is 0 Å². The van der Waals surface area contributed by atoms with Crippen molar-refractivity contribution >= 4 is 43.0 Å². The summed E-state index contributed by atoms with van der Waals surface area (Å²) < 4.78 is 58.3. The SMILES string of the molecule is CCN(c1ccc(C(=O)Nc2ccc(S(=O)(=O)Nc3cc(C)ccc3OC)cc2)cc1)S(C)(=O)=O. The first-order valence-corrected chi connectivity index (χ1v) is 13.9. The molecule has 11 heteroatoms. The quantitative estimate of drug-likeness (QED) is 0.445. The second-order valence-corrected chi connectivity index (χ2v) is 11.4. The predicted octanol–water partition coefficient (Wildman–Crippen LogP) is 3.84. The molecule has 3 rings (SSSR count). The van der Waals surface area contributed by atoms with Crippen LogP contribution in [0.5, 0.6) is 5.75 Å². The number of nitrogens with zero attached hydrogens (tertiary/aromatic N) is 1. The molecule has 9 nitrogen and oxygen atoms in total. The van der Waals surface area contributed by atoms with Crippen molar-refractivity contribution in [1.82, 2.24) is 0 Å². The normalized spacial score (nSPS) is 11.5. The highest BCUT2D eigenvalue weighted by Crippen LogP contribution is 2.28. The number of hydrogen-bond acceptors (Lipinski definition) is 6. The second kappa shape index (κ2) is 10.4. The maximum absolute atomic E-state index is 12.8. The number of aryl methyl sites for hydroxylation is 1. The van der Waals surface area contributed by atoms with E-state index >= 15 is 0 Å². The van der Waals surface area contributed by atoms with E-state index in [1.165, 1.54) is 47.8 Å². The Labute approximate surface area is 205 Å². The van der Waals surface area contributed by atoms with Crippen molar-refractivity contribution in [2.75, 3.05) is 34.3 Å². The van der Waals surface area contributed by atoms with Gasteiger partial charge in [0.25, 0.3) is 15.9 Å². The van der Waals surface area contributed by atoms with Gasteiger partial charge in [-0.3, -0.25) is 13.8 Å². The van der Waals surface area contributed by atoms with Crippen molar-refractivity contribution in [2.45, 2.75) is 18.7 Å². The third-order valence-electron chi connectivity index (χ3n) is 5.13. The number of amides is 1. The third-order valence-corrected chi connectivity index (χ3v) is 7.78. The molecule has 0 aliphatic rings. The Morgan fingerprint density at radius 3 is 2.11 bits per heavy atom. The topological polar surface area (TPSA) is 122 Å². The molecule has 0 saturated carbocycles. The molecule has 0 fully saturated rings. The van der Waals surface area contributed by atoms with Crippen LogP contribution in [0.3, 0.4) is 0 Å². The fraction of sp³-hybridized carbons (Fsp3) is 0.208. The lowest BCUT2D eigenvalue weighted by molar-refractivity contribution is 0.102. The van der Waals surface area contributed by atoms with Gasteiger partial charge in [0.2, 0.25) is 10.0 Å². The summed E-state index contributed by atoms with van der Waals surface area (Å²) >= 11 is 0. The van der Waals surface area contributed by atoms with Gasteiger partial charge in [0, 0.05) is 17.8 Å². The molecule has 3 aromatic carbocycles. The van der Waals surface area contributed by atoms with E-state index in [-0.39, 0.29) is 11.4 Å². The van der Waals surface area contributed by atoms with E-state index in [4.69, 9.17) is 4.74 Å². The van der Waals surface area contributed by atoms with Gasteiger partial charge in [-0.1, -0.05) is 6.07 Å². The molecule has 1 amide bonds. The van der Waals surface area contributed by atoms with Gasteiger partial charge in [0.05, 0.1) is 29.6 Å². The lowest BCUT2D eigenvalue weighted by Gasteiger charge is -2.20. The molecule has 0 aromatic heterocycles. The summed E-state index contributed by atoms with van der Waals surface area (Å²) in [6.07, 6.45) is 1.12. The molecule has 0 unspecified atom stereocenters. The minimum atomic E-state index is -3.88. The van der Waals surface area contributed by atoms with E-state index in [0.717, 1.165) is 11.8 Å². The molecule has 0 atom stereocenters. The van der Waals surface area contributed by atoms with E-state index in [2.05, 4.69) is 10.0 Å². The number of carbonyl (C=O) groups excluding carboxylic acids is 1. The summed E-state index contributed by atoms with van der Waals surface area (Å²) in [6.45, 7) is 3.83. The monoisotopic (exact) mass is 517 g/mol. The van der Waals surface area contributed by atoms with Crippen LogP contribution in [0.15, 0.2) is 71.6 Å². The number of methoxy groups -OCH3 is 1. The Kier molecular flexibility index (Phi) is 7.71. The molecule has 186 valence electrons. The van der Waals surface area contributed by atoms with Crippen molar-refractivity contribution in [1.29, 1.82) is 0 Å². The first-order chi connectivity index (χ1) is 16.4. The molecule has 3 aromatic rings. The highest BCUT2D eigenvalue weighted by Gasteiger charge is 2.18. The number of hydrogen-bond donors (Lipinski definition) is 2. The van der Waals surface area contributed by atoms with E-state index in [1.807, 2.05) is 13.0 Å². The van der Waals surface area contributed by atoms with Crippen LogP contribution < -0.4 is 19.1 Å². The number of ether oxygens (including phenoxy) is 1. The van der Waals surface area contributed by atoms with Crippen LogP contribution in [-0.4, -0.2) is 42.7 Å². The number of nitrogens with one attached hydrogen (secondary N) is 2. The van der Waals surface area contributed by atoms with Crippen LogP contribution in [-0.2, 0) is 20.0 Å². The van der Waals surface area contributed by atoms with E-state index in [0.29, 0.717) is 28.4 Å². The third kappa shape index (κ3) is 6.31. The van der Waals surface area contributed by atoms with Crippen LogP contribution in [0.4, 0.5) is 17.1 Å². The van der Waals surface area contributed by atoms with Gasteiger partial charge >= 0.3 is 0 Å². The van der Waals surface area contributed by atoms with Gasteiger partial charge < -0.3 is 10.1 Å². The van der Waals surface area contributed by atoms with Gasteiger partial charge in [0.15, 0.2) is 0 Å². The van der Waals surface area contributed by atoms with E-state index in [9.17, 15) is 21.6 Å². The number of sulfonamides is 2. The molecule has 0 heterocycles. The largest absolute Gasteiger partial charge is 0.495 e. The average molecular weight is 518 g/mol. The minimum Gasteiger partial charge on any atom is -0.495 e. The van der Waals surface area contributed by atoms with Crippen molar-refractivity contribution in [3.8, 4) is 5.75 Å². The predicted molar refractivity (Wildman–Crippen MR) is 137 cm³/mol. The van der Waals surface area contributed by atoms with Gasteiger partial charge in [-0.15, -0.1) is 0 Å². The van der Waals surface area contributed by atoms with Gasteiger partial charge in [-0.25, -0.2) is 16.8 Å². The molecular formula is C24H27N3O6S2. The first kappa shape index (κ1) is 26.0. The zero-order valence-corrected chi connectivity index (χ0v) is 21.4. The highest BCUT2D eigenvalue weighted by atomic mass is 32.2. The molecule has 0 bridgehead atoms. The van der Waals surface area contributed by atoms with Crippen molar-refractivity contribution in [3.05, 3.63) is 77.9 Å². The Bertz CT molecular complexity index is 1420. The number of rotatable bonds is 9. The molecule has 0 radical (unpaired) electrons. The lowest BCUT2D eigenvalue weighted by atomic mass is 10.2. The number of anilines is 3. The zero-order chi connectivity index (χ0) is 25.8. The number of carbonyl (C=O) groups is 1. The summed E-state index contributed by atoms with van der Waals surface area (Å²) in [4.78, 5) is 12.6. The van der Waals surface area contributed by atoms with Gasteiger partial charge in [-0.05, 0) is 80.1 Å². The lowest BCUT2D eigenvalue weighted by Crippen LogP contribution is -2.29. The first-order valence-electron chi connectivity index (χ1n) is 10.6. The maximum Gasteiger partial charge on any atom is 0.262 e. The minimum absolute atomic E-state index is 0.0174. The second-order valence-electron chi connectivity index (χ2n) is 7.76. The Morgan fingerprint density at radius 2 is 1.57 bits per heavy atom. The van der Waals surface area contributed by atoms with Crippen LogP contribution in [0.1, 0.15) is 22.8 Å².